The zero-order valence-electron chi connectivity index (χ0n) is 10.4. The summed E-state index contributed by atoms with van der Waals surface area (Å²) in [7, 11) is 0. The summed E-state index contributed by atoms with van der Waals surface area (Å²) in [6, 6.07) is 10.5. The average molecular weight is 219 g/mol. The highest BCUT2D eigenvalue weighted by Gasteiger charge is 2.36. The summed E-state index contributed by atoms with van der Waals surface area (Å²) in [5.41, 5.74) is 1.30. The van der Waals surface area contributed by atoms with E-state index in [2.05, 4.69) is 50.4 Å². The molecule has 1 heterocycles. The maximum atomic E-state index is 6.26. The molecule has 0 bridgehead atoms. The fourth-order valence-corrected chi connectivity index (χ4v) is 2.10. The van der Waals surface area contributed by atoms with Gasteiger partial charge in [0.15, 0.2) is 0 Å². The second-order valence-electron chi connectivity index (χ2n) is 5.25. The molecule has 1 aliphatic rings. The van der Waals surface area contributed by atoms with Crippen molar-refractivity contribution in [2.75, 3.05) is 13.1 Å². The summed E-state index contributed by atoms with van der Waals surface area (Å²) >= 11 is 0. The van der Waals surface area contributed by atoms with Crippen molar-refractivity contribution in [2.24, 2.45) is 5.92 Å². The lowest BCUT2D eigenvalue weighted by Gasteiger charge is -2.43. The molecule has 0 aliphatic carbocycles. The third-order valence-corrected chi connectivity index (χ3v) is 3.14. The predicted octanol–water partition coefficient (Wildman–Crippen LogP) is 2.76. The number of hydrogen-bond donors (Lipinski definition) is 1. The van der Waals surface area contributed by atoms with Gasteiger partial charge in [-0.3, -0.25) is 0 Å². The van der Waals surface area contributed by atoms with E-state index in [1.54, 1.807) is 0 Å². The Morgan fingerprint density at radius 2 is 1.81 bits per heavy atom. The van der Waals surface area contributed by atoms with E-state index in [0.29, 0.717) is 5.92 Å². The minimum absolute atomic E-state index is 0.0186. The number of benzene rings is 1. The molecule has 1 saturated heterocycles. The molecule has 2 nitrogen and oxygen atoms in total. The van der Waals surface area contributed by atoms with Gasteiger partial charge in [-0.1, -0.05) is 44.2 Å². The maximum absolute atomic E-state index is 6.26. The van der Waals surface area contributed by atoms with E-state index in [1.165, 1.54) is 5.56 Å². The predicted molar refractivity (Wildman–Crippen MR) is 66.4 cm³/mol. The largest absolute Gasteiger partial charge is 0.364 e. The number of hydrogen-bond acceptors (Lipinski definition) is 2. The van der Waals surface area contributed by atoms with Crippen LogP contribution < -0.4 is 5.32 Å². The van der Waals surface area contributed by atoms with Crippen molar-refractivity contribution in [3.05, 3.63) is 35.9 Å². The van der Waals surface area contributed by atoms with Crippen molar-refractivity contribution in [2.45, 2.75) is 32.5 Å². The van der Waals surface area contributed by atoms with E-state index in [9.17, 15) is 0 Å². The lowest BCUT2D eigenvalue weighted by atomic mass is 9.94. The SMILES string of the molecule is CC(C)C(OC1(C)CNC1)c1ccccc1. The summed E-state index contributed by atoms with van der Waals surface area (Å²) in [5.74, 6) is 0.500. The molecule has 0 aromatic heterocycles. The Morgan fingerprint density at radius 1 is 1.19 bits per heavy atom. The summed E-state index contributed by atoms with van der Waals surface area (Å²) in [5, 5.41) is 3.27. The first-order valence-electron chi connectivity index (χ1n) is 6.04. The monoisotopic (exact) mass is 219 g/mol. The molecule has 0 saturated carbocycles. The van der Waals surface area contributed by atoms with Crippen LogP contribution in [0.2, 0.25) is 0 Å². The standard InChI is InChI=1S/C14H21NO/c1-11(2)13(12-7-5-4-6-8-12)16-14(3)9-15-10-14/h4-8,11,13,15H,9-10H2,1-3H3. The second-order valence-corrected chi connectivity index (χ2v) is 5.25. The van der Waals surface area contributed by atoms with Gasteiger partial charge in [-0.15, -0.1) is 0 Å². The van der Waals surface area contributed by atoms with Crippen LogP contribution in [0.15, 0.2) is 30.3 Å². The lowest BCUT2D eigenvalue weighted by molar-refractivity contribution is -0.128. The Morgan fingerprint density at radius 3 is 2.25 bits per heavy atom. The highest BCUT2D eigenvalue weighted by molar-refractivity contribution is 5.18. The summed E-state index contributed by atoms with van der Waals surface area (Å²) in [6.07, 6.45) is 0.202. The van der Waals surface area contributed by atoms with Gasteiger partial charge < -0.3 is 10.1 Å². The lowest BCUT2D eigenvalue weighted by Crippen LogP contribution is -2.59. The van der Waals surface area contributed by atoms with Crippen molar-refractivity contribution in [3.63, 3.8) is 0 Å². The van der Waals surface area contributed by atoms with Crippen LogP contribution in [-0.2, 0) is 4.74 Å². The van der Waals surface area contributed by atoms with Gasteiger partial charge in [0.25, 0.3) is 0 Å². The van der Waals surface area contributed by atoms with Crippen molar-refractivity contribution >= 4 is 0 Å². The molecule has 1 aliphatic heterocycles. The van der Waals surface area contributed by atoms with Crippen LogP contribution in [0.3, 0.4) is 0 Å². The Balaban J connectivity index is 2.12. The van der Waals surface area contributed by atoms with Crippen LogP contribution in [0.1, 0.15) is 32.4 Å². The van der Waals surface area contributed by atoms with Crippen molar-refractivity contribution in [3.8, 4) is 0 Å². The molecule has 0 spiro atoms. The van der Waals surface area contributed by atoms with E-state index in [4.69, 9.17) is 4.74 Å². The third kappa shape index (κ3) is 2.45. The number of rotatable bonds is 4. The molecule has 16 heavy (non-hydrogen) atoms. The fraction of sp³-hybridized carbons (Fsp3) is 0.571. The van der Waals surface area contributed by atoms with Crippen LogP contribution in [0.25, 0.3) is 0 Å². The fourth-order valence-electron chi connectivity index (χ4n) is 2.10. The number of nitrogens with one attached hydrogen (secondary N) is 1. The van der Waals surface area contributed by atoms with E-state index >= 15 is 0 Å². The smallest absolute Gasteiger partial charge is 0.0910 e. The molecule has 2 rings (SSSR count). The Bertz CT molecular complexity index is 330. The Hall–Kier alpha value is -0.860. The van der Waals surface area contributed by atoms with E-state index in [-0.39, 0.29) is 11.7 Å². The summed E-state index contributed by atoms with van der Waals surface area (Å²) in [6.45, 7) is 8.54. The summed E-state index contributed by atoms with van der Waals surface area (Å²) in [4.78, 5) is 0. The topological polar surface area (TPSA) is 21.3 Å². The zero-order valence-corrected chi connectivity index (χ0v) is 10.4. The third-order valence-electron chi connectivity index (χ3n) is 3.14. The van der Waals surface area contributed by atoms with Crippen LogP contribution in [-0.4, -0.2) is 18.7 Å². The molecular weight excluding hydrogens is 198 g/mol. The van der Waals surface area contributed by atoms with Gasteiger partial charge in [-0.25, -0.2) is 0 Å². The first kappa shape index (κ1) is 11.6. The van der Waals surface area contributed by atoms with Crippen LogP contribution in [0.4, 0.5) is 0 Å². The van der Waals surface area contributed by atoms with Crippen LogP contribution >= 0.6 is 0 Å². The van der Waals surface area contributed by atoms with Crippen molar-refractivity contribution < 1.29 is 4.74 Å². The molecule has 1 N–H and O–H groups in total. The quantitative estimate of drug-likeness (QED) is 0.840. The zero-order chi connectivity index (χ0) is 11.6. The van der Waals surface area contributed by atoms with Gasteiger partial charge >= 0.3 is 0 Å². The van der Waals surface area contributed by atoms with E-state index in [1.807, 2.05) is 6.07 Å². The first-order chi connectivity index (χ1) is 7.61. The molecule has 88 valence electrons. The van der Waals surface area contributed by atoms with Crippen LogP contribution in [0.5, 0.6) is 0 Å². The molecule has 0 radical (unpaired) electrons. The van der Waals surface area contributed by atoms with E-state index < -0.39 is 0 Å². The van der Waals surface area contributed by atoms with Gasteiger partial charge in [-0.2, -0.15) is 0 Å². The normalized spacial score (nSPS) is 20.5. The van der Waals surface area contributed by atoms with Gasteiger partial charge in [-0.05, 0) is 18.4 Å². The molecule has 1 fully saturated rings. The molecule has 1 atom stereocenters. The first-order valence-corrected chi connectivity index (χ1v) is 6.04. The molecule has 2 heteroatoms. The minimum Gasteiger partial charge on any atom is -0.364 e. The molecular formula is C14H21NO. The average Bonchev–Trinajstić information content (AvgIpc) is 2.24. The van der Waals surface area contributed by atoms with E-state index in [0.717, 1.165) is 13.1 Å². The highest BCUT2D eigenvalue weighted by atomic mass is 16.5. The Labute approximate surface area is 98.0 Å². The summed E-state index contributed by atoms with van der Waals surface area (Å²) < 4.78 is 6.26. The maximum Gasteiger partial charge on any atom is 0.0910 e. The van der Waals surface area contributed by atoms with Crippen molar-refractivity contribution in [1.82, 2.24) is 5.32 Å². The van der Waals surface area contributed by atoms with Crippen LogP contribution in [0, 0.1) is 5.92 Å². The molecule has 1 unspecified atom stereocenters. The van der Waals surface area contributed by atoms with Gasteiger partial charge in [0.2, 0.25) is 0 Å². The van der Waals surface area contributed by atoms with Gasteiger partial charge in [0, 0.05) is 13.1 Å². The van der Waals surface area contributed by atoms with Gasteiger partial charge in [0.1, 0.15) is 0 Å². The number of ether oxygens (including phenoxy) is 1. The second kappa shape index (κ2) is 4.56. The minimum atomic E-state index is 0.0186. The molecule has 1 aromatic rings. The highest BCUT2D eigenvalue weighted by Crippen LogP contribution is 2.32. The van der Waals surface area contributed by atoms with Gasteiger partial charge in [0.05, 0.1) is 11.7 Å². The molecule has 0 amide bonds. The molecule has 1 aromatic carbocycles. The Kier molecular flexibility index (Phi) is 3.31. The van der Waals surface area contributed by atoms with Crippen molar-refractivity contribution in [1.29, 1.82) is 0 Å².